The predicted octanol–water partition coefficient (Wildman–Crippen LogP) is 2.80. The quantitative estimate of drug-likeness (QED) is 0.921. The van der Waals surface area contributed by atoms with E-state index in [9.17, 15) is 0 Å². The van der Waals surface area contributed by atoms with Crippen molar-refractivity contribution in [3.05, 3.63) is 28.8 Å². The van der Waals surface area contributed by atoms with Crippen LogP contribution in [-0.2, 0) is 11.2 Å². The number of halogens is 1. The van der Waals surface area contributed by atoms with Crippen LogP contribution in [-0.4, -0.2) is 31.9 Å². The van der Waals surface area contributed by atoms with Crippen molar-refractivity contribution < 1.29 is 9.47 Å². The van der Waals surface area contributed by atoms with Crippen LogP contribution < -0.4 is 10.1 Å². The second-order valence-corrected chi connectivity index (χ2v) is 5.85. The van der Waals surface area contributed by atoms with E-state index in [1.54, 1.807) is 7.11 Å². The van der Waals surface area contributed by atoms with Crippen LogP contribution in [0.15, 0.2) is 18.2 Å². The normalized spacial score (nSPS) is 29.3. The highest BCUT2D eigenvalue weighted by Crippen LogP contribution is 2.31. The highest BCUT2D eigenvalue weighted by molar-refractivity contribution is 6.30. The Morgan fingerprint density at radius 3 is 3.16 bits per heavy atom. The van der Waals surface area contributed by atoms with Gasteiger partial charge >= 0.3 is 0 Å². The Morgan fingerprint density at radius 1 is 1.42 bits per heavy atom. The summed E-state index contributed by atoms with van der Waals surface area (Å²) in [6.07, 6.45) is 5.12. The van der Waals surface area contributed by atoms with Crippen molar-refractivity contribution in [1.82, 2.24) is 5.32 Å². The molecule has 3 nitrogen and oxygen atoms in total. The van der Waals surface area contributed by atoms with Gasteiger partial charge in [-0.15, -0.1) is 0 Å². The summed E-state index contributed by atoms with van der Waals surface area (Å²) in [6.45, 7) is 0.872. The smallest absolute Gasteiger partial charge is 0.123 e. The first-order valence-corrected chi connectivity index (χ1v) is 7.35. The molecule has 3 rings (SSSR count). The van der Waals surface area contributed by atoms with E-state index in [0.717, 1.165) is 30.2 Å². The lowest BCUT2D eigenvalue weighted by Crippen LogP contribution is -2.42. The van der Waals surface area contributed by atoms with Crippen LogP contribution in [0.25, 0.3) is 0 Å². The van der Waals surface area contributed by atoms with Crippen LogP contribution in [0.1, 0.15) is 24.8 Å². The highest BCUT2D eigenvalue weighted by atomic mass is 35.5. The summed E-state index contributed by atoms with van der Waals surface area (Å²) in [7, 11) is 1.80. The zero-order chi connectivity index (χ0) is 13.2. The van der Waals surface area contributed by atoms with Crippen molar-refractivity contribution in [3.8, 4) is 5.75 Å². The molecule has 104 valence electrons. The van der Waals surface area contributed by atoms with E-state index in [2.05, 4.69) is 5.32 Å². The molecule has 1 aromatic carbocycles. The van der Waals surface area contributed by atoms with Crippen molar-refractivity contribution in [2.45, 2.75) is 43.9 Å². The molecule has 1 aliphatic heterocycles. The number of fused-ring (bicyclic) bond motifs is 1. The van der Waals surface area contributed by atoms with Crippen LogP contribution in [0, 0.1) is 0 Å². The lowest BCUT2D eigenvalue weighted by molar-refractivity contribution is 0.0812. The molecule has 1 fully saturated rings. The third-order valence-electron chi connectivity index (χ3n) is 4.13. The van der Waals surface area contributed by atoms with Gasteiger partial charge in [-0.3, -0.25) is 0 Å². The van der Waals surface area contributed by atoms with E-state index in [1.807, 2.05) is 18.2 Å². The Morgan fingerprint density at radius 2 is 2.32 bits per heavy atom. The van der Waals surface area contributed by atoms with Gasteiger partial charge in [0, 0.05) is 31.1 Å². The molecule has 0 bridgehead atoms. The summed E-state index contributed by atoms with van der Waals surface area (Å²) < 4.78 is 11.4. The van der Waals surface area contributed by atoms with Gasteiger partial charge in [-0.25, -0.2) is 0 Å². The first-order chi connectivity index (χ1) is 9.26. The minimum Gasteiger partial charge on any atom is -0.488 e. The molecular formula is C15H20ClNO2. The number of hydrogen-bond acceptors (Lipinski definition) is 3. The van der Waals surface area contributed by atoms with Crippen molar-refractivity contribution in [2.24, 2.45) is 0 Å². The van der Waals surface area contributed by atoms with Gasteiger partial charge in [0.1, 0.15) is 11.9 Å². The zero-order valence-corrected chi connectivity index (χ0v) is 12.0. The monoisotopic (exact) mass is 281 g/mol. The highest BCUT2D eigenvalue weighted by Gasteiger charge is 2.29. The van der Waals surface area contributed by atoms with Crippen molar-refractivity contribution in [1.29, 1.82) is 0 Å². The Kier molecular flexibility index (Phi) is 3.96. The van der Waals surface area contributed by atoms with Crippen molar-refractivity contribution in [2.75, 3.05) is 13.7 Å². The van der Waals surface area contributed by atoms with E-state index >= 15 is 0 Å². The average molecular weight is 282 g/mol. The first kappa shape index (κ1) is 13.2. The maximum Gasteiger partial charge on any atom is 0.123 e. The number of nitrogens with one attached hydrogen (secondary N) is 1. The molecule has 1 heterocycles. The molecule has 0 saturated heterocycles. The topological polar surface area (TPSA) is 30.5 Å². The molecule has 1 saturated carbocycles. The van der Waals surface area contributed by atoms with Gasteiger partial charge in [-0.1, -0.05) is 11.6 Å². The summed E-state index contributed by atoms with van der Waals surface area (Å²) in [5.41, 5.74) is 1.22. The average Bonchev–Trinajstić information content (AvgIpc) is 3.01. The standard InChI is InChI=1S/C15H20ClNO2/c1-18-15-4-2-3-13(15)17-9-12-8-10-7-11(16)5-6-14(10)19-12/h5-7,12-13,15,17H,2-4,8-9H2,1H3. The second kappa shape index (κ2) is 5.70. The molecule has 0 aromatic heterocycles. The van der Waals surface area contributed by atoms with Gasteiger partial charge in [-0.05, 0) is 43.0 Å². The largest absolute Gasteiger partial charge is 0.488 e. The van der Waals surface area contributed by atoms with E-state index in [4.69, 9.17) is 21.1 Å². The summed E-state index contributed by atoms with van der Waals surface area (Å²) in [5, 5.41) is 4.37. The second-order valence-electron chi connectivity index (χ2n) is 5.42. The molecule has 3 atom stereocenters. The van der Waals surface area contributed by atoms with E-state index in [0.29, 0.717) is 12.1 Å². The molecule has 0 radical (unpaired) electrons. The number of benzene rings is 1. The lowest BCUT2D eigenvalue weighted by atomic mass is 10.1. The fraction of sp³-hybridized carbons (Fsp3) is 0.600. The fourth-order valence-electron chi connectivity index (χ4n) is 3.13. The number of methoxy groups -OCH3 is 1. The third kappa shape index (κ3) is 2.88. The van der Waals surface area contributed by atoms with Gasteiger partial charge < -0.3 is 14.8 Å². The summed E-state index contributed by atoms with van der Waals surface area (Å²) in [6, 6.07) is 6.32. The van der Waals surface area contributed by atoms with Crippen molar-refractivity contribution in [3.63, 3.8) is 0 Å². The van der Waals surface area contributed by atoms with Crippen LogP contribution in [0.3, 0.4) is 0 Å². The van der Waals surface area contributed by atoms with E-state index in [-0.39, 0.29) is 6.10 Å². The van der Waals surface area contributed by atoms with Gasteiger partial charge in [0.05, 0.1) is 6.10 Å². The van der Waals surface area contributed by atoms with Crippen LogP contribution in [0.5, 0.6) is 5.75 Å². The van der Waals surface area contributed by atoms with Crippen LogP contribution in [0.2, 0.25) is 5.02 Å². The molecule has 0 spiro atoms. The van der Waals surface area contributed by atoms with Gasteiger partial charge in [0.2, 0.25) is 0 Å². The third-order valence-corrected chi connectivity index (χ3v) is 4.36. The maximum atomic E-state index is 6.00. The first-order valence-electron chi connectivity index (χ1n) is 6.97. The molecule has 0 amide bonds. The van der Waals surface area contributed by atoms with Crippen molar-refractivity contribution >= 4 is 11.6 Å². The minimum absolute atomic E-state index is 0.214. The van der Waals surface area contributed by atoms with Crippen LogP contribution in [0.4, 0.5) is 0 Å². The van der Waals surface area contributed by atoms with Crippen LogP contribution >= 0.6 is 11.6 Å². The Labute approximate surface area is 119 Å². The van der Waals surface area contributed by atoms with E-state index < -0.39 is 0 Å². The summed E-state index contributed by atoms with van der Waals surface area (Å²) >= 11 is 6.00. The molecular weight excluding hydrogens is 262 g/mol. The Hall–Kier alpha value is -0.770. The molecule has 19 heavy (non-hydrogen) atoms. The van der Waals surface area contributed by atoms with Gasteiger partial charge in [0.25, 0.3) is 0 Å². The van der Waals surface area contributed by atoms with Gasteiger partial charge in [-0.2, -0.15) is 0 Å². The molecule has 3 unspecified atom stereocenters. The summed E-state index contributed by atoms with van der Waals surface area (Å²) in [4.78, 5) is 0. The fourth-order valence-corrected chi connectivity index (χ4v) is 3.32. The molecule has 1 N–H and O–H groups in total. The number of hydrogen-bond donors (Lipinski definition) is 1. The molecule has 1 aliphatic carbocycles. The van der Waals surface area contributed by atoms with Gasteiger partial charge in [0.15, 0.2) is 0 Å². The zero-order valence-electron chi connectivity index (χ0n) is 11.2. The molecule has 4 heteroatoms. The molecule has 2 aliphatic rings. The van der Waals surface area contributed by atoms with E-state index in [1.165, 1.54) is 18.4 Å². The number of ether oxygens (including phenoxy) is 2. The molecule has 1 aromatic rings. The Balaban J connectivity index is 1.53. The number of rotatable bonds is 4. The lowest BCUT2D eigenvalue weighted by Gasteiger charge is -2.21. The SMILES string of the molecule is COC1CCCC1NCC1Cc2cc(Cl)ccc2O1. The Bertz CT molecular complexity index is 452. The summed E-state index contributed by atoms with van der Waals surface area (Å²) in [5.74, 6) is 0.978. The maximum absolute atomic E-state index is 6.00. The minimum atomic E-state index is 0.214. The predicted molar refractivity (Wildman–Crippen MR) is 76.0 cm³/mol.